The van der Waals surface area contributed by atoms with Gasteiger partial charge >= 0.3 is 5.97 Å². The highest BCUT2D eigenvalue weighted by atomic mass is 16.7. The van der Waals surface area contributed by atoms with Crippen molar-refractivity contribution < 1.29 is 29.0 Å². The second kappa shape index (κ2) is 10.5. The zero-order chi connectivity index (χ0) is 21.4. The van der Waals surface area contributed by atoms with Gasteiger partial charge in [-0.05, 0) is 43.9 Å². The number of nitrogens with one attached hydrogen (secondary N) is 1. The molecule has 2 rings (SSSR count). The molecule has 1 fully saturated rings. The third-order valence-electron chi connectivity index (χ3n) is 5.35. The van der Waals surface area contributed by atoms with E-state index in [9.17, 15) is 14.4 Å². The molecule has 1 aliphatic rings. The van der Waals surface area contributed by atoms with Gasteiger partial charge in [-0.1, -0.05) is 31.9 Å². The average Bonchev–Trinajstić information content (AvgIpc) is 2.71. The third-order valence-corrected chi connectivity index (χ3v) is 5.35. The maximum atomic E-state index is 12.4. The summed E-state index contributed by atoms with van der Waals surface area (Å²) in [4.78, 5) is 35.4. The van der Waals surface area contributed by atoms with Crippen molar-refractivity contribution in [2.75, 3.05) is 13.2 Å². The molecule has 0 radical (unpaired) electrons. The van der Waals surface area contributed by atoms with Crippen LogP contribution in [0.4, 0.5) is 0 Å². The monoisotopic (exact) mass is 405 g/mol. The highest BCUT2D eigenvalue weighted by molar-refractivity contribution is 5.97. The fourth-order valence-electron chi connectivity index (χ4n) is 3.23. The minimum Gasteiger partial charge on any atom is -0.477 e. The van der Waals surface area contributed by atoms with Crippen molar-refractivity contribution in [2.45, 2.75) is 64.7 Å². The Labute approximate surface area is 171 Å². The molecule has 7 heteroatoms. The Bertz CT molecular complexity index is 707. The standard InChI is InChI=1S/C22H31NO6/c1-4-16-9-11-18(12-10-16)20(25)23-19(15(2)24)8-6-5-7-17-13-28-22(3,21(26)27)29-14-17/h9-12,17,19H,4-8,13-14H2,1-3H3,(H,23,25)(H,26,27)/t17-,19?,22+. The topological polar surface area (TPSA) is 102 Å². The van der Waals surface area contributed by atoms with E-state index in [-0.39, 0.29) is 17.6 Å². The SMILES string of the molecule is CCc1ccc(C(=O)NC(CCCC[C@H]2CO[C@@](C)(C(=O)O)OC2)C(C)=O)cc1. The highest BCUT2D eigenvalue weighted by Crippen LogP contribution is 2.24. The fraction of sp³-hybridized carbons (Fsp3) is 0.591. The van der Waals surface area contributed by atoms with Gasteiger partial charge in [0.15, 0.2) is 5.78 Å². The van der Waals surface area contributed by atoms with Crippen LogP contribution in [0, 0.1) is 5.92 Å². The summed E-state index contributed by atoms with van der Waals surface area (Å²) in [5, 5.41) is 11.9. The molecule has 7 nitrogen and oxygen atoms in total. The van der Waals surface area contributed by atoms with Crippen LogP contribution in [0.2, 0.25) is 0 Å². The van der Waals surface area contributed by atoms with Crippen molar-refractivity contribution in [2.24, 2.45) is 5.92 Å². The lowest BCUT2D eigenvalue weighted by Gasteiger charge is -2.34. The zero-order valence-electron chi connectivity index (χ0n) is 17.4. The Morgan fingerprint density at radius 2 is 1.79 bits per heavy atom. The summed E-state index contributed by atoms with van der Waals surface area (Å²) in [6, 6.07) is 6.88. The minimum atomic E-state index is -1.56. The van der Waals surface area contributed by atoms with Gasteiger partial charge in [0.1, 0.15) is 0 Å². The van der Waals surface area contributed by atoms with Crippen LogP contribution in [0.25, 0.3) is 0 Å². The van der Waals surface area contributed by atoms with Crippen LogP contribution in [0.3, 0.4) is 0 Å². The maximum Gasteiger partial charge on any atom is 0.364 e. The first-order valence-corrected chi connectivity index (χ1v) is 10.2. The number of hydrogen-bond acceptors (Lipinski definition) is 5. The first-order valence-electron chi connectivity index (χ1n) is 10.2. The number of carboxylic acid groups (broad SMARTS) is 1. The van der Waals surface area contributed by atoms with Gasteiger partial charge in [0.05, 0.1) is 19.3 Å². The molecule has 1 saturated heterocycles. The quantitative estimate of drug-likeness (QED) is 0.580. The van der Waals surface area contributed by atoms with Crippen LogP contribution < -0.4 is 5.32 Å². The molecule has 2 N–H and O–H groups in total. The molecule has 0 bridgehead atoms. The maximum absolute atomic E-state index is 12.4. The Kier molecular flexibility index (Phi) is 8.34. The molecule has 1 unspecified atom stereocenters. The molecule has 0 aliphatic carbocycles. The van der Waals surface area contributed by atoms with E-state index in [2.05, 4.69) is 12.2 Å². The lowest BCUT2D eigenvalue weighted by Crippen LogP contribution is -2.47. The first-order chi connectivity index (χ1) is 13.7. The van der Waals surface area contributed by atoms with Gasteiger partial charge < -0.3 is 19.9 Å². The summed E-state index contributed by atoms with van der Waals surface area (Å²) in [6.07, 6.45) is 3.89. The summed E-state index contributed by atoms with van der Waals surface area (Å²) in [5.41, 5.74) is 1.70. The summed E-state index contributed by atoms with van der Waals surface area (Å²) in [7, 11) is 0. The summed E-state index contributed by atoms with van der Waals surface area (Å²) < 4.78 is 10.7. The van der Waals surface area contributed by atoms with Crippen molar-refractivity contribution in [1.29, 1.82) is 0 Å². The van der Waals surface area contributed by atoms with E-state index in [1.165, 1.54) is 13.8 Å². The van der Waals surface area contributed by atoms with Crippen LogP contribution in [0.15, 0.2) is 24.3 Å². The summed E-state index contributed by atoms with van der Waals surface area (Å²) in [5.74, 6) is -2.86. The Morgan fingerprint density at radius 1 is 1.17 bits per heavy atom. The van der Waals surface area contributed by atoms with E-state index in [1.54, 1.807) is 12.1 Å². The van der Waals surface area contributed by atoms with E-state index in [1.807, 2.05) is 12.1 Å². The number of rotatable bonds is 10. The molecule has 1 atom stereocenters. The number of Topliss-reactive ketones (excluding diaryl/α,β-unsaturated/α-hetero) is 1. The van der Waals surface area contributed by atoms with Crippen molar-refractivity contribution in [3.8, 4) is 0 Å². The summed E-state index contributed by atoms with van der Waals surface area (Å²) in [6.45, 7) is 5.62. The molecular weight excluding hydrogens is 374 g/mol. The second-order valence-corrected chi connectivity index (χ2v) is 7.71. The smallest absolute Gasteiger partial charge is 0.364 e. The van der Waals surface area contributed by atoms with Gasteiger partial charge in [0.25, 0.3) is 11.7 Å². The molecule has 1 heterocycles. The molecule has 0 spiro atoms. The number of aryl methyl sites for hydroxylation is 1. The number of hydrogen-bond donors (Lipinski definition) is 2. The number of carboxylic acids is 1. The van der Waals surface area contributed by atoms with Crippen LogP contribution in [0.1, 0.15) is 62.4 Å². The largest absolute Gasteiger partial charge is 0.477 e. The van der Waals surface area contributed by atoms with Gasteiger partial charge in [0, 0.05) is 18.4 Å². The fourth-order valence-corrected chi connectivity index (χ4v) is 3.23. The van der Waals surface area contributed by atoms with E-state index in [0.29, 0.717) is 25.2 Å². The number of carbonyl (C=O) groups is 3. The minimum absolute atomic E-state index is 0.0647. The number of ketones is 1. The zero-order valence-corrected chi connectivity index (χ0v) is 17.4. The predicted octanol–water partition coefficient (Wildman–Crippen LogP) is 2.96. The Hall–Kier alpha value is -2.25. The van der Waals surface area contributed by atoms with Crippen LogP contribution >= 0.6 is 0 Å². The van der Waals surface area contributed by atoms with Gasteiger partial charge in [-0.15, -0.1) is 0 Å². The normalized spacial score (nSPS) is 22.7. The van der Waals surface area contributed by atoms with E-state index < -0.39 is 17.8 Å². The number of ether oxygens (including phenoxy) is 2. The van der Waals surface area contributed by atoms with Crippen LogP contribution in [-0.4, -0.2) is 47.8 Å². The molecule has 0 aromatic heterocycles. The molecule has 1 aromatic rings. The van der Waals surface area contributed by atoms with Crippen LogP contribution in [0.5, 0.6) is 0 Å². The first kappa shape index (κ1) is 23.0. The average molecular weight is 405 g/mol. The van der Waals surface area contributed by atoms with E-state index in [0.717, 1.165) is 31.2 Å². The van der Waals surface area contributed by atoms with Gasteiger partial charge in [-0.3, -0.25) is 9.59 Å². The lowest BCUT2D eigenvalue weighted by atomic mass is 9.98. The van der Waals surface area contributed by atoms with Gasteiger partial charge in [-0.25, -0.2) is 4.79 Å². The number of benzene rings is 1. The third kappa shape index (κ3) is 6.65. The van der Waals surface area contributed by atoms with Crippen molar-refractivity contribution in [3.05, 3.63) is 35.4 Å². The number of unbranched alkanes of at least 4 members (excludes halogenated alkanes) is 1. The van der Waals surface area contributed by atoms with Crippen molar-refractivity contribution in [3.63, 3.8) is 0 Å². The molecular formula is C22H31NO6. The van der Waals surface area contributed by atoms with Gasteiger partial charge in [0.2, 0.25) is 0 Å². The molecule has 29 heavy (non-hydrogen) atoms. The molecule has 1 aromatic carbocycles. The highest BCUT2D eigenvalue weighted by Gasteiger charge is 2.40. The van der Waals surface area contributed by atoms with E-state index >= 15 is 0 Å². The molecule has 1 aliphatic heterocycles. The second-order valence-electron chi connectivity index (χ2n) is 7.71. The predicted molar refractivity (Wildman–Crippen MR) is 108 cm³/mol. The Morgan fingerprint density at radius 3 is 2.31 bits per heavy atom. The van der Waals surface area contributed by atoms with Crippen molar-refractivity contribution in [1.82, 2.24) is 5.32 Å². The molecule has 1 amide bonds. The number of carbonyl (C=O) groups excluding carboxylic acids is 2. The van der Waals surface area contributed by atoms with E-state index in [4.69, 9.17) is 14.6 Å². The number of aliphatic carboxylic acids is 1. The van der Waals surface area contributed by atoms with Crippen LogP contribution in [-0.2, 0) is 25.5 Å². The lowest BCUT2D eigenvalue weighted by molar-refractivity contribution is -0.271. The van der Waals surface area contributed by atoms with Gasteiger partial charge in [-0.2, -0.15) is 0 Å². The number of amides is 1. The Balaban J connectivity index is 1.74. The summed E-state index contributed by atoms with van der Waals surface area (Å²) >= 11 is 0. The molecule has 160 valence electrons. The molecule has 0 saturated carbocycles. The van der Waals surface area contributed by atoms with Crippen molar-refractivity contribution >= 4 is 17.7 Å².